The standard InChI is InChI=1S/C27H36N4O2/c1-19-11-13-31(14-12-19)24-9-10-25(20(2)15-24)28-23-7-5-21(6-8-23)17-30(4)27(33)22-16-26(32)29(3)18-22/h5-10,15,19,22,28H,11-14,16-18H2,1-4H3/i2D3,3D3,4D3. The van der Waals surface area contributed by atoms with Crippen molar-refractivity contribution in [2.45, 2.75) is 39.6 Å². The molecule has 2 heterocycles. The van der Waals surface area contributed by atoms with Crippen LogP contribution in [0.1, 0.15) is 49.6 Å². The van der Waals surface area contributed by atoms with Gasteiger partial charge in [0.15, 0.2) is 0 Å². The lowest BCUT2D eigenvalue weighted by atomic mass is 9.98. The Morgan fingerprint density at radius 1 is 1.18 bits per heavy atom. The van der Waals surface area contributed by atoms with Crippen molar-refractivity contribution in [3.63, 3.8) is 0 Å². The Labute approximate surface area is 210 Å². The Kier molecular flexibility index (Phi) is 4.27. The normalized spacial score (nSPS) is 24.3. The van der Waals surface area contributed by atoms with Crippen LogP contribution in [0.25, 0.3) is 0 Å². The lowest BCUT2D eigenvalue weighted by Crippen LogP contribution is -2.33. The lowest BCUT2D eigenvalue weighted by Gasteiger charge is -2.32. The molecule has 2 aromatic rings. The van der Waals surface area contributed by atoms with E-state index in [4.69, 9.17) is 12.3 Å². The molecule has 33 heavy (non-hydrogen) atoms. The van der Waals surface area contributed by atoms with Crippen LogP contribution in [0.4, 0.5) is 17.1 Å². The predicted octanol–water partition coefficient (Wildman–Crippen LogP) is 4.41. The summed E-state index contributed by atoms with van der Waals surface area (Å²) in [5.74, 6) is -1.96. The molecule has 6 heteroatoms. The number of aryl methyl sites for hydroxylation is 1. The smallest absolute Gasteiger partial charge is 0.228 e. The Balaban J connectivity index is 1.49. The largest absolute Gasteiger partial charge is 0.372 e. The molecule has 6 nitrogen and oxygen atoms in total. The van der Waals surface area contributed by atoms with E-state index < -0.39 is 38.5 Å². The molecule has 0 aliphatic carbocycles. The molecule has 0 bridgehead atoms. The van der Waals surface area contributed by atoms with Gasteiger partial charge in [-0.25, -0.2) is 0 Å². The van der Waals surface area contributed by atoms with Crippen LogP contribution in [0.15, 0.2) is 42.5 Å². The number of carbonyl (C=O) groups excluding carboxylic acids is 2. The Morgan fingerprint density at radius 2 is 1.97 bits per heavy atom. The summed E-state index contributed by atoms with van der Waals surface area (Å²) in [6, 6.07) is 11.9. The van der Waals surface area contributed by atoms with Crippen molar-refractivity contribution in [1.29, 1.82) is 0 Å². The van der Waals surface area contributed by atoms with Crippen LogP contribution in [0.2, 0.25) is 0 Å². The summed E-state index contributed by atoms with van der Waals surface area (Å²) in [5.41, 5.74) is 2.56. The van der Waals surface area contributed by atoms with Gasteiger partial charge in [0, 0.05) is 76.0 Å². The van der Waals surface area contributed by atoms with Crippen molar-refractivity contribution in [2.24, 2.45) is 11.8 Å². The Morgan fingerprint density at radius 3 is 2.64 bits per heavy atom. The molecule has 0 saturated carbocycles. The molecule has 0 spiro atoms. The summed E-state index contributed by atoms with van der Waals surface area (Å²) in [5, 5.41) is 3.15. The molecular formula is C27H36N4O2. The predicted molar refractivity (Wildman–Crippen MR) is 134 cm³/mol. The molecule has 2 aliphatic rings. The fourth-order valence-corrected chi connectivity index (χ4v) is 4.31. The maximum absolute atomic E-state index is 13.1. The maximum Gasteiger partial charge on any atom is 0.228 e. The van der Waals surface area contributed by atoms with Gasteiger partial charge in [-0.15, -0.1) is 0 Å². The summed E-state index contributed by atoms with van der Waals surface area (Å²) in [4.78, 5) is 28.8. The van der Waals surface area contributed by atoms with Crippen molar-refractivity contribution >= 4 is 28.9 Å². The number of nitrogens with one attached hydrogen (secondary N) is 1. The van der Waals surface area contributed by atoms with E-state index in [0.717, 1.165) is 31.6 Å². The van der Waals surface area contributed by atoms with E-state index in [1.807, 2.05) is 6.07 Å². The molecule has 2 amide bonds. The summed E-state index contributed by atoms with van der Waals surface area (Å²) in [7, 11) is 0. The molecule has 1 atom stereocenters. The maximum atomic E-state index is 13.1. The molecule has 4 rings (SSSR count). The quantitative estimate of drug-likeness (QED) is 0.698. The van der Waals surface area contributed by atoms with Gasteiger partial charge in [0.2, 0.25) is 11.8 Å². The number of amides is 2. The first-order valence-electron chi connectivity index (χ1n) is 15.8. The number of nitrogens with zero attached hydrogens (tertiary/aromatic N) is 3. The third kappa shape index (κ3) is 5.49. The fourth-order valence-electron chi connectivity index (χ4n) is 4.31. The third-order valence-corrected chi connectivity index (χ3v) is 6.47. The molecule has 2 fully saturated rings. The van der Waals surface area contributed by atoms with Gasteiger partial charge in [-0.3, -0.25) is 9.59 Å². The van der Waals surface area contributed by atoms with Gasteiger partial charge in [0.05, 0.1) is 5.92 Å². The van der Waals surface area contributed by atoms with E-state index in [-0.39, 0.29) is 25.1 Å². The Hall–Kier alpha value is -3.02. The van der Waals surface area contributed by atoms with Gasteiger partial charge in [-0.05, 0) is 67.1 Å². The molecule has 1 N–H and O–H groups in total. The Bertz CT molecular complexity index is 1280. The lowest BCUT2D eigenvalue weighted by molar-refractivity contribution is -0.135. The van der Waals surface area contributed by atoms with Crippen LogP contribution in [0.5, 0.6) is 0 Å². The molecule has 0 radical (unpaired) electrons. The summed E-state index contributed by atoms with van der Waals surface area (Å²) in [6.45, 7) is -4.54. The van der Waals surface area contributed by atoms with Crippen molar-refractivity contribution in [3.05, 3.63) is 53.6 Å². The first kappa shape index (κ1) is 14.3. The van der Waals surface area contributed by atoms with Gasteiger partial charge in [0.1, 0.15) is 0 Å². The average Bonchev–Trinajstić information content (AvgIpc) is 3.29. The first-order valence-corrected chi connectivity index (χ1v) is 11.3. The number of anilines is 3. The monoisotopic (exact) mass is 457 g/mol. The van der Waals surface area contributed by atoms with Gasteiger partial charge in [0.25, 0.3) is 0 Å². The second-order valence-electron chi connectivity index (χ2n) is 9.05. The van der Waals surface area contributed by atoms with Crippen molar-refractivity contribution in [1.82, 2.24) is 9.80 Å². The molecule has 1 unspecified atom stereocenters. The number of piperidine rings is 1. The minimum atomic E-state index is -2.81. The second kappa shape index (κ2) is 9.86. The summed E-state index contributed by atoms with van der Waals surface area (Å²) in [6.07, 6.45) is 1.74. The highest BCUT2D eigenvalue weighted by Gasteiger charge is 2.33. The van der Waals surface area contributed by atoms with Crippen LogP contribution in [-0.2, 0) is 16.1 Å². The zero-order valence-electron chi connectivity index (χ0n) is 27.8. The number of benzene rings is 2. The van der Waals surface area contributed by atoms with Crippen LogP contribution >= 0.6 is 0 Å². The van der Waals surface area contributed by atoms with E-state index in [2.05, 4.69) is 17.1 Å². The number of hydrogen-bond donors (Lipinski definition) is 1. The molecule has 2 aliphatic heterocycles. The van der Waals surface area contributed by atoms with E-state index >= 15 is 0 Å². The van der Waals surface area contributed by atoms with Crippen LogP contribution in [0, 0.1) is 18.7 Å². The summed E-state index contributed by atoms with van der Waals surface area (Å²) >= 11 is 0. The van der Waals surface area contributed by atoms with Crippen molar-refractivity contribution < 1.29 is 21.9 Å². The molecule has 2 saturated heterocycles. The van der Waals surface area contributed by atoms with Crippen LogP contribution in [0.3, 0.4) is 0 Å². The molecule has 176 valence electrons. The van der Waals surface area contributed by atoms with Crippen LogP contribution < -0.4 is 10.2 Å². The van der Waals surface area contributed by atoms with E-state index in [9.17, 15) is 9.59 Å². The van der Waals surface area contributed by atoms with Gasteiger partial charge in [-0.1, -0.05) is 19.1 Å². The van der Waals surface area contributed by atoms with E-state index in [1.165, 1.54) is 0 Å². The third-order valence-electron chi connectivity index (χ3n) is 6.47. The molecule has 2 aromatic carbocycles. The molecular weight excluding hydrogens is 412 g/mol. The number of carbonyl (C=O) groups is 2. The number of likely N-dealkylation sites (tertiary alicyclic amines) is 1. The second-order valence-corrected chi connectivity index (χ2v) is 9.05. The highest BCUT2D eigenvalue weighted by molar-refractivity contribution is 5.89. The fraction of sp³-hybridized carbons (Fsp3) is 0.481. The average molecular weight is 458 g/mol. The van der Waals surface area contributed by atoms with Gasteiger partial charge < -0.3 is 20.0 Å². The molecule has 0 aromatic heterocycles. The van der Waals surface area contributed by atoms with Crippen LogP contribution in [-0.4, -0.2) is 55.2 Å². The number of rotatable bonds is 6. The van der Waals surface area contributed by atoms with Gasteiger partial charge >= 0.3 is 0 Å². The van der Waals surface area contributed by atoms with Gasteiger partial charge in [-0.2, -0.15) is 0 Å². The van der Waals surface area contributed by atoms with E-state index in [0.29, 0.717) is 32.7 Å². The summed E-state index contributed by atoms with van der Waals surface area (Å²) < 4.78 is 70.4. The first-order chi connectivity index (χ1) is 19.4. The zero-order chi connectivity index (χ0) is 31.0. The minimum absolute atomic E-state index is 0.194. The van der Waals surface area contributed by atoms with Crippen molar-refractivity contribution in [3.8, 4) is 0 Å². The minimum Gasteiger partial charge on any atom is -0.372 e. The number of hydrogen-bond acceptors (Lipinski definition) is 4. The van der Waals surface area contributed by atoms with Crippen molar-refractivity contribution in [2.75, 3.05) is 43.8 Å². The zero-order valence-corrected chi connectivity index (χ0v) is 18.8. The SMILES string of the molecule is [2H]C([2H])([2H])c1cc(N2CCC(C)CC2)ccc1Nc1ccc(CN(C(=O)C2CC(=O)N(C([2H])([2H])[2H])C2)C([2H])([2H])[2H])cc1. The highest BCUT2D eigenvalue weighted by atomic mass is 16.2. The highest BCUT2D eigenvalue weighted by Crippen LogP contribution is 2.28. The topological polar surface area (TPSA) is 55.9 Å². The van der Waals surface area contributed by atoms with E-state index in [1.54, 1.807) is 36.4 Å².